The van der Waals surface area contributed by atoms with Crippen LogP contribution in [-0.4, -0.2) is 29.2 Å². The van der Waals surface area contributed by atoms with Crippen molar-refractivity contribution in [1.29, 1.82) is 0 Å². The van der Waals surface area contributed by atoms with Crippen molar-refractivity contribution < 1.29 is 4.79 Å². The molecule has 0 aromatic heterocycles. The predicted molar refractivity (Wildman–Crippen MR) is 73.3 cm³/mol. The van der Waals surface area contributed by atoms with Crippen molar-refractivity contribution >= 4 is 21.8 Å². The maximum atomic E-state index is 12.3. The average molecular weight is 296 g/mol. The molecule has 1 heterocycles. The van der Waals surface area contributed by atoms with Gasteiger partial charge in [0.05, 0.1) is 5.92 Å². The van der Waals surface area contributed by atoms with E-state index >= 15 is 0 Å². The summed E-state index contributed by atoms with van der Waals surface area (Å²) in [5.74, 6) is 0.867. The second kappa shape index (κ2) is 5.67. The van der Waals surface area contributed by atoms with Crippen LogP contribution >= 0.6 is 15.9 Å². The highest BCUT2D eigenvalue weighted by molar-refractivity contribution is 9.09. The number of hydrogen-bond donors (Lipinski definition) is 0. The van der Waals surface area contributed by atoms with Crippen LogP contribution in [-0.2, 0) is 4.79 Å². The summed E-state index contributed by atoms with van der Waals surface area (Å²) in [5, 5.41) is 0.997. The first-order valence-corrected chi connectivity index (χ1v) is 7.24. The van der Waals surface area contributed by atoms with Gasteiger partial charge in [-0.3, -0.25) is 4.79 Å². The summed E-state index contributed by atoms with van der Waals surface area (Å²) in [6.07, 6.45) is 1.12. The molecule has 1 saturated heterocycles. The molecule has 3 heteroatoms. The molecule has 0 N–H and O–H groups in total. The maximum absolute atomic E-state index is 12.3. The van der Waals surface area contributed by atoms with Gasteiger partial charge in [0.2, 0.25) is 5.91 Å². The van der Waals surface area contributed by atoms with Crippen LogP contribution in [0.2, 0.25) is 0 Å². The Kier molecular flexibility index (Phi) is 4.21. The van der Waals surface area contributed by atoms with E-state index in [-0.39, 0.29) is 11.8 Å². The summed E-state index contributed by atoms with van der Waals surface area (Å²) in [7, 11) is 0. The summed E-state index contributed by atoms with van der Waals surface area (Å²) in [5.41, 5.74) is 1.11. The largest absolute Gasteiger partial charge is 0.342 e. The number of hydrogen-bond acceptors (Lipinski definition) is 1. The van der Waals surface area contributed by atoms with Gasteiger partial charge in [0, 0.05) is 18.4 Å². The molecule has 0 bridgehead atoms. The number of amides is 1. The Hall–Kier alpha value is -0.830. The lowest BCUT2D eigenvalue weighted by atomic mass is 10.00. The highest BCUT2D eigenvalue weighted by Crippen LogP contribution is 2.24. The monoisotopic (exact) mass is 295 g/mol. The fourth-order valence-electron chi connectivity index (χ4n) is 2.32. The van der Waals surface area contributed by atoms with E-state index in [1.165, 1.54) is 0 Å². The van der Waals surface area contributed by atoms with E-state index in [1.807, 2.05) is 42.2 Å². The summed E-state index contributed by atoms with van der Waals surface area (Å²) in [6, 6.07) is 10.0. The molecule has 0 saturated carbocycles. The lowest BCUT2D eigenvalue weighted by molar-refractivity contribution is -0.131. The molecule has 1 aromatic rings. The summed E-state index contributed by atoms with van der Waals surface area (Å²) < 4.78 is 0. The summed E-state index contributed by atoms with van der Waals surface area (Å²) in [4.78, 5) is 14.3. The van der Waals surface area contributed by atoms with Crippen molar-refractivity contribution in [2.75, 3.05) is 18.4 Å². The minimum atomic E-state index is -0.0229. The Morgan fingerprint density at radius 2 is 2.18 bits per heavy atom. The standard InChI is InChI=1S/C14H18BrNO/c1-11(13-5-3-2-4-6-13)14(17)16-8-7-12(9-15)10-16/h2-6,11-12H,7-10H2,1H3. The number of rotatable bonds is 3. The molecule has 2 unspecified atom stereocenters. The quantitative estimate of drug-likeness (QED) is 0.785. The van der Waals surface area contributed by atoms with E-state index in [1.54, 1.807) is 0 Å². The molecule has 1 aromatic carbocycles. The van der Waals surface area contributed by atoms with Crippen LogP contribution in [0.1, 0.15) is 24.8 Å². The van der Waals surface area contributed by atoms with E-state index in [4.69, 9.17) is 0 Å². The molecular formula is C14H18BrNO. The van der Waals surface area contributed by atoms with Crippen LogP contribution in [0, 0.1) is 5.92 Å². The normalized spacial score (nSPS) is 21.5. The third-order valence-electron chi connectivity index (χ3n) is 3.49. The molecule has 1 aliphatic rings. The van der Waals surface area contributed by atoms with Gasteiger partial charge >= 0.3 is 0 Å². The van der Waals surface area contributed by atoms with E-state index in [2.05, 4.69) is 15.9 Å². The fraction of sp³-hybridized carbons (Fsp3) is 0.500. The van der Waals surface area contributed by atoms with Crippen molar-refractivity contribution in [1.82, 2.24) is 4.90 Å². The number of alkyl halides is 1. The van der Waals surface area contributed by atoms with Gasteiger partial charge in [0.15, 0.2) is 0 Å². The Balaban J connectivity index is 2.01. The summed E-state index contributed by atoms with van der Waals surface area (Å²) >= 11 is 3.50. The maximum Gasteiger partial charge on any atom is 0.229 e. The smallest absolute Gasteiger partial charge is 0.229 e. The van der Waals surface area contributed by atoms with Gasteiger partial charge in [-0.15, -0.1) is 0 Å². The number of halogens is 1. The molecule has 2 nitrogen and oxygen atoms in total. The van der Waals surface area contributed by atoms with Gasteiger partial charge in [-0.2, -0.15) is 0 Å². The highest BCUT2D eigenvalue weighted by atomic mass is 79.9. The van der Waals surface area contributed by atoms with Crippen LogP contribution < -0.4 is 0 Å². The molecule has 1 amide bonds. The lowest BCUT2D eigenvalue weighted by Crippen LogP contribution is -2.32. The Labute approximate surface area is 111 Å². The van der Waals surface area contributed by atoms with Gasteiger partial charge in [0.25, 0.3) is 0 Å². The lowest BCUT2D eigenvalue weighted by Gasteiger charge is -2.21. The third-order valence-corrected chi connectivity index (χ3v) is 4.40. The Bertz CT molecular complexity index is 379. The molecule has 0 radical (unpaired) electrons. The van der Waals surface area contributed by atoms with Crippen LogP contribution in [0.5, 0.6) is 0 Å². The summed E-state index contributed by atoms with van der Waals surface area (Å²) in [6.45, 7) is 3.81. The van der Waals surface area contributed by atoms with Crippen molar-refractivity contribution in [3.05, 3.63) is 35.9 Å². The molecule has 0 spiro atoms. The van der Waals surface area contributed by atoms with E-state index in [0.717, 1.165) is 30.4 Å². The van der Waals surface area contributed by atoms with E-state index < -0.39 is 0 Å². The second-order valence-electron chi connectivity index (χ2n) is 4.73. The Morgan fingerprint density at radius 3 is 2.76 bits per heavy atom. The van der Waals surface area contributed by atoms with Gasteiger partial charge in [-0.05, 0) is 24.8 Å². The first-order chi connectivity index (χ1) is 8.22. The van der Waals surface area contributed by atoms with Gasteiger partial charge < -0.3 is 4.90 Å². The molecule has 1 aliphatic heterocycles. The predicted octanol–water partition coefficient (Wildman–Crippen LogP) is 3.03. The number of benzene rings is 1. The fourth-order valence-corrected chi connectivity index (χ4v) is 2.85. The van der Waals surface area contributed by atoms with Crippen LogP contribution in [0.4, 0.5) is 0 Å². The second-order valence-corrected chi connectivity index (χ2v) is 5.37. The van der Waals surface area contributed by atoms with Crippen LogP contribution in [0.3, 0.4) is 0 Å². The molecule has 1 fully saturated rings. The zero-order valence-electron chi connectivity index (χ0n) is 10.1. The van der Waals surface area contributed by atoms with Crippen LogP contribution in [0.15, 0.2) is 30.3 Å². The molecule has 17 heavy (non-hydrogen) atoms. The first-order valence-electron chi connectivity index (χ1n) is 6.12. The highest BCUT2D eigenvalue weighted by Gasteiger charge is 2.28. The number of carbonyl (C=O) groups is 1. The minimum absolute atomic E-state index is 0.0229. The van der Waals surface area contributed by atoms with Crippen molar-refractivity contribution in [3.8, 4) is 0 Å². The minimum Gasteiger partial charge on any atom is -0.342 e. The number of carbonyl (C=O) groups excluding carboxylic acids is 1. The van der Waals surface area contributed by atoms with Gasteiger partial charge in [-0.25, -0.2) is 0 Å². The van der Waals surface area contributed by atoms with E-state index in [0.29, 0.717) is 5.92 Å². The topological polar surface area (TPSA) is 20.3 Å². The molecule has 2 rings (SSSR count). The van der Waals surface area contributed by atoms with Crippen molar-refractivity contribution in [2.24, 2.45) is 5.92 Å². The third kappa shape index (κ3) is 2.89. The molecule has 92 valence electrons. The SMILES string of the molecule is CC(C(=O)N1CCC(CBr)C1)c1ccccc1. The number of nitrogens with zero attached hydrogens (tertiary/aromatic N) is 1. The number of likely N-dealkylation sites (tertiary alicyclic amines) is 1. The van der Waals surface area contributed by atoms with Crippen molar-refractivity contribution in [2.45, 2.75) is 19.3 Å². The first kappa shape index (κ1) is 12.6. The molecule has 0 aliphatic carbocycles. The molecular weight excluding hydrogens is 278 g/mol. The van der Waals surface area contributed by atoms with Gasteiger partial charge in [0.1, 0.15) is 0 Å². The Morgan fingerprint density at radius 1 is 1.47 bits per heavy atom. The average Bonchev–Trinajstić information content (AvgIpc) is 2.87. The molecule has 2 atom stereocenters. The van der Waals surface area contributed by atoms with Crippen LogP contribution in [0.25, 0.3) is 0 Å². The zero-order chi connectivity index (χ0) is 12.3. The van der Waals surface area contributed by atoms with Crippen molar-refractivity contribution in [3.63, 3.8) is 0 Å². The zero-order valence-corrected chi connectivity index (χ0v) is 11.7. The van der Waals surface area contributed by atoms with Gasteiger partial charge in [-0.1, -0.05) is 46.3 Å². The van der Waals surface area contributed by atoms with E-state index in [9.17, 15) is 4.79 Å².